The molecule has 2 fully saturated rings. The molecule has 2 aliphatic carbocycles. The standard InChI is InChI=1S/C14H27NO/c1-9-6-5-7-10(2)13(9)15-11-8-12(16)14(11,3)4/h9-13,15-16H,5-8H2,1-4H3. The van der Waals surface area contributed by atoms with E-state index in [2.05, 4.69) is 33.0 Å². The second-order valence-corrected chi connectivity index (χ2v) is 6.70. The largest absolute Gasteiger partial charge is 0.392 e. The molecule has 0 amide bonds. The van der Waals surface area contributed by atoms with E-state index < -0.39 is 0 Å². The quantitative estimate of drug-likeness (QED) is 0.757. The van der Waals surface area contributed by atoms with Crippen LogP contribution in [0.2, 0.25) is 0 Å². The third-order valence-corrected chi connectivity index (χ3v) is 5.15. The smallest absolute Gasteiger partial charge is 0.0621 e. The molecular formula is C14H27NO. The Balaban J connectivity index is 1.94. The van der Waals surface area contributed by atoms with Gasteiger partial charge in [0.25, 0.3) is 0 Å². The third kappa shape index (κ3) is 2.02. The molecule has 2 rings (SSSR count). The lowest BCUT2D eigenvalue weighted by Crippen LogP contribution is -2.63. The Kier molecular flexibility index (Phi) is 3.33. The topological polar surface area (TPSA) is 32.3 Å². The highest BCUT2D eigenvalue weighted by molar-refractivity contribution is 5.03. The molecule has 0 aromatic carbocycles. The van der Waals surface area contributed by atoms with Crippen molar-refractivity contribution in [2.45, 2.75) is 71.6 Å². The molecule has 4 unspecified atom stereocenters. The zero-order valence-corrected chi connectivity index (χ0v) is 11.2. The molecule has 0 aromatic heterocycles. The molecule has 2 heteroatoms. The molecule has 94 valence electrons. The summed E-state index contributed by atoms with van der Waals surface area (Å²) >= 11 is 0. The number of hydrogen-bond donors (Lipinski definition) is 2. The Morgan fingerprint density at radius 2 is 1.69 bits per heavy atom. The first kappa shape index (κ1) is 12.4. The number of rotatable bonds is 2. The second kappa shape index (κ2) is 4.30. The van der Waals surface area contributed by atoms with Gasteiger partial charge in [-0.15, -0.1) is 0 Å². The Labute approximate surface area is 99.8 Å². The maximum Gasteiger partial charge on any atom is 0.0621 e. The summed E-state index contributed by atoms with van der Waals surface area (Å²) in [5.74, 6) is 1.58. The van der Waals surface area contributed by atoms with Gasteiger partial charge in [-0.3, -0.25) is 0 Å². The molecule has 2 saturated carbocycles. The summed E-state index contributed by atoms with van der Waals surface area (Å²) in [7, 11) is 0. The van der Waals surface area contributed by atoms with Crippen LogP contribution in [0.25, 0.3) is 0 Å². The summed E-state index contributed by atoms with van der Waals surface area (Å²) in [5.41, 5.74) is 0.0664. The van der Waals surface area contributed by atoms with Crippen LogP contribution >= 0.6 is 0 Å². The van der Waals surface area contributed by atoms with Gasteiger partial charge in [0.15, 0.2) is 0 Å². The van der Waals surface area contributed by atoms with Crippen LogP contribution in [0.4, 0.5) is 0 Å². The van der Waals surface area contributed by atoms with Crippen molar-refractivity contribution in [1.29, 1.82) is 0 Å². The number of aliphatic hydroxyl groups is 1. The molecule has 2 N–H and O–H groups in total. The van der Waals surface area contributed by atoms with Crippen LogP contribution in [-0.2, 0) is 0 Å². The first-order valence-corrected chi connectivity index (χ1v) is 6.87. The minimum absolute atomic E-state index is 0.0664. The lowest BCUT2D eigenvalue weighted by molar-refractivity contribution is -0.0814. The maximum atomic E-state index is 9.77. The molecule has 0 radical (unpaired) electrons. The highest BCUT2D eigenvalue weighted by atomic mass is 16.3. The van der Waals surface area contributed by atoms with Crippen LogP contribution < -0.4 is 5.32 Å². The first-order chi connectivity index (χ1) is 7.43. The van der Waals surface area contributed by atoms with Crippen molar-refractivity contribution in [2.24, 2.45) is 17.3 Å². The maximum absolute atomic E-state index is 9.77. The van der Waals surface area contributed by atoms with Crippen LogP contribution in [0, 0.1) is 17.3 Å². The molecule has 0 aliphatic heterocycles. The van der Waals surface area contributed by atoms with Crippen molar-refractivity contribution in [1.82, 2.24) is 5.32 Å². The predicted molar refractivity (Wildman–Crippen MR) is 67.3 cm³/mol. The van der Waals surface area contributed by atoms with Gasteiger partial charge in [-0.1, -0.05) is 34.1 Å². The fourth-order valence-electron chi connectivity index (χ4n) is 3.43. The Morgan fingerprint density at radius 1 is 1.12 bits per heavy atom. The molecule has 0 bridgehead atoms. The van der Waals surface area contributed by atoms with E-state index in [1.165, 1.54) is 19.3 Å². The van der Waals surface area contributed by atoms with E-state index in [-0.39, 0.29) is 11.5 Å². The summed E-state index contributed by atoms with van der Waals surface area (Å²) in [5, 5.41) is 13.6. The average Bonchev–Trinajstić information content (AvgIpc) is 2.22. The zero-order valence-electron chi connectivity index (χ0n) is 11.2. The van der Waals surface area contributed by atoms with E-state index in [0.29, 0.717) is 12.1 Å². The zero-order chi connectivity index (χ0) is 11.9. The van der Waals surface area contributed by atoms with Gasteiger partial charge in [-0.05, 0) is 31.1 Å². The van der Waals surface area contributed by atoms with Gasteiger partial charge in [0, 0.05) is 17.5 Å². The molecule has 4 atom stereocenters. The third-order valence-electron chi connectivity index (χ3n) is 5.15. The van der Waals surface area contributed by atoms with Crippen molar-refractivity contribution in [3.63, 3.8) is 0 Å². The normalized spacial score (nSPS) is 47.4. The van der Waals surface area contributed by atoms with E-state index >= 15 is 0 Å². The number of aliphatic hydroxyl groups excluding tert-OH is 1. The SMILES string of the molecule is CC1CCCC(C)C1NC1CC(O)C1(C)C. The van der Waals surface area contributed by atoms with Crippen LogP contribution in [-0.4, -0.2) is 23.3 Å². The van der Waals surface area contributed by atoms with Gasteiger partial charge >= 0.3 is 0 Å². The monoisotopic (exact) mass is 225 g/mol. The van der Waals surface area contributed by atoms with Gasteiger partial charge in [0.2, 0.25) is 0 Å². The van der Waals surface area contributed by atoms with Gasteiger partial charge in [-0.25, -0.2) is 0 Å². The van der Waals surface area contributed by atoms with Gasteiger partial charge in [-0.2, -0.15) is 0 Å². The van der Waals surface area contributed by atoms with E-state index in [4.69, 9.17) is 0 Å². The molecule has 0 heterocycles. The fourth-order valence-corrected chi connectivity index (χ4v) is 3.43. The van der Waals surface area contributed by atoms with Gasteiger partial charge < -0.3 is 10.4 Å². The summed E-state index contributed by atoms with van der Waals surface area (Å²) in [6, 6.07) is 1.17. The van der Waals surface area contributed by atoms with Crippen LogP contribution in [0.5, 0.6) is 0 Å². The van der Waals surface area contributed by atoms with Crippen LogP contribution in [0.15, 0.2) is 0 Å². The van der Waals surface area contributed by atoms with Crippen LogP contribution in [0.3, 0.4) is 0 Å². The molecular weight excluding hydrogens is 198 g/mol. The van der Waals surface area contributed by atoms with Crippen molar-refractivity contribution >= 4 is 0 Å². The van der Waals surface area contributed by atoms with Crippen molar-refractivity contribution in [3.8, 4) is 0 Å². The Bertz CT molecular complexity index is 241. The van der Waals surface area contributed by atoms with E-state index in [1.54, 1.807) is 0 Å². The molecule has 0 saturated heterocycles. The minimum Gasteiger partial charge on any atom is -0.392 e. The van der Waals surface area contributed by atoms with E-state index in [0.717, 1.165) is 18.3 Å². The second-order valence-electron chi connectivity index (χ2n) is 6.70. The first-order valence-electron chi connectivity index (χ1n) is 6.87. The lowest BCUT2D eigenvalue weighted by Gasteiger charge is -2.52. The van der Waals surface area contributed by atoms with Crippen molar-refractivity contribution in [3.05, 3.63) is 0 Å². The predicted octanol–water partition coefficient (Wildman–Crippen LogP) is 2.56. The number of hydrogen-bond acceptors (Lipinski definition) is 2. The summed E-state index contributed by atoms with van der Waals surface area (Å²) < 4.78 is 0. The minimum atomic E-state index is -0.112. The molecule has 2 aliphatic rings. The highest BCUT2D eigenvalue weighted by Crippen LogP contribution is 2.42. The summed E-state index contributed by atoms with van der Waals surface area (Å²) in [4.78, 5) is 0. The molecule has 2 nitrogen and oxygen atoms in total. The average molecular weight is 225 g/mol. The van der Waals surface area contributed by atoms with Crippen molar-refractivity contribution < 1.29 is 5.11 Å². The van der Waals surface area contributed by atoms with E-state index in [1.807, 2.05) is 0 Å². The molecule has 16 heavy (non-hydrogen) atoms. The lowest BCUT2D eigenvalue weighted by atomic mass is 9.63. The van der Waals surface area contributed by atoms with Crippen molar-refractivity contribution in [2.75, 3.05) is 0 Å². The van der Waals surface area contributed by atoms with Gasteiger partial charge in [0.05, 0.1) is 6.10 Å². The fraction of sp³-hybridized carbons (Fsp3) is 1.00. The highest BCUT2D eigenvalue weighted by Gasteiger charge is 2.48. The molecule has 0 spiro atoms. The van der Waals surface area contributed by atoms with Crippen LogP contribution in [0.1, 0.15) is 53.4 Å². The number of nitrogens with one attached hydrogen (secondary N) is 1. The van der Waals surface area contributed by atoms with E-state index in [9.17, 15) is 5.11 Å². The Hall–Kier alpha value is -0.0800. The summed E-state index contributed by atoms with van der Waals surface area (Å²) in [6.07, 6.45) is 4.93. The summed E-state index contributed by atoms with van der Waals surface area (Å²) in [6.45, 7) is 9.10. The molecule has 0 aromatic rings. The Morgan fingerprint density at radius 3 is 2.12 bits per heavy atom. The van der Waals surface area contributed by atoms with Gasteiger partial charge in [0.1, 0.15) is 0 Å².